The van der Waals surface area contributed by atoms with Gasteiger partial charge in [-0.2, -0.15) is 0 Å². The molecule has 94 valence electrons. The lowest BCUT2D eigenvalue weighted by Crippen LogP contribution is -2.45. The van der Waals surface area contributed by atoms with E-state index in [2.05, 4.69) is 19.2 Å². The number of ether oxygens (including phenoxy) is 1. The lowest BCUT2D eigenvalue weighted by Gasteiger charge is -2.32. The molecule has 1 amide bonds. The SMILES string of the molecule is COCC1CCCN(C(=O)CNC(C)C)C1. The third-order valence-electron chi connectivity index (χ3n) is 2.94. The van der Waals surface area contributed by atoms with E-state index >= 15 is 0 Å². The highest BCUT2D eigenvalue weighted by Gasteiger charge is 2.23. The third-order valence-corrected chi connectivity index (χ3v) is 2.94. The molecule has 0 aliphatic carbocycles. The summed E-state index contributed by atoms with van der Waals surface area (Å²) in [5.74, 6) is 0.733. The van der Waals surface area contributed by atoms with Crippen LogP contribution in [0, 0.1) is 5.92 Å². The van der Waals surface area contributed by atoms with Crippen molar-refractivity contribution in [3.63, 3.8) is 0 Å². The fourth-order valence-electron chi connectivity index (χ4n) is 2.07. The Morgan fingerprint density at radius 2 is 2.31 bits per heavy atom. The van der Waals surface area contributed by atoms with Gasteiger partial charge in [0.1, 0.15) is 0 Å². The van der Waals surface area contributed by atoms with E-state index in [0.717, 1.165) is 26.1 Å². The molecule has 0 aromatic rings. The van der Waals surface area contributed by atoms with Crippen LogP contribution in [0.1, 0.15) is 26.7 Å². The summed E-state index contributed by atoms with van der Waals surface area (Å²) >= 11 is 0. The van der Waals surface area contributed by atoms with Crippen molar-refractivity contribution in [2.45, 2.75) is 32.7 Å². The first kappa shape index (κ1) is 13.5. The Balaban J connectivity index is 2.32. The molecule has 4 nitrogen and oxygen atoms in total. The highest BCUT2D eigenvalue weighted by atomic mass is 16.5. The van der Waals surface area contributed by atoms with Gasteiger partial charge >= 0.3 is 0 Å². The number of hydrogen-bond donors (Lipinski definition) is 1. The number of carbonyl (C=O) groups is 1. The first-order valence-corrected chi connectivity index (χ1v) is 6.13. The molecule has 1 saturated heterocycles. The van der Waals surface area contributed by atoms with Gasteiger partial charge in [0.25, 0.3) is 0 Å². The molecule has 0 saturated carbocycles. The predicted molar refractivity (Wildman–Crippen MR) is 64.3 cm³/mol. The zero-order valence-electron chi connectivity index (χ0n) is 10.7. The average molecular weight is 228 g/mol. The van der Waals surface area contributed by atoms with E-state index in [4.69, 9.17) is 4.74 Å². The molecule has 1 unspecified atom stereocenters. The highest BCUT2D eigenvalue weighted by molar-refractivity contribution is 5.78. The summed E-state index contributed by atoms with van der Waals surface area (Å²) in [5, 5.41) is 3.17. The van der Waals surface area contributed by atoms with Crippen molar-refractivity contribution in [2.75, 3.05) is 33.4 Å². The molecule has 1 aliphatic rings. The van der Waals surface area contributed by atoms with E-state index in [1.807, 2.05) is 4.90 Å². The smallest absolute Gasteiger partial charge is 0.236 e. The Labute approximate surface area is 98.3 Å². The van der Waals surface area contributed by atoms with Gasteiger partial charge < -0.3 is 15.0 Å². The maximum Gasteiger partial charge on any atom is 0.236 e. The van der Waals surface area contributed by atoms with Crippen LogP contribution in [0.3, 0.4) is 0 Å². The van der Waals surface area contributed by atoms with Crippen molar-refractivity contribution in [3.8, 4) is 0 Å². The normalized spacial score (nSPS) is 21.5. The van der Waals surface area contributed by atoms with Gasteiger partial charge in [0, 0.05) is 26.2 Å². The number of hydrogen-bond acceptors (Lipinski definition) is 3. The highest BCUT2D eigenvalue weighted by Crippen LogP contribution is 2.16. The molecular formula is C12H24N2O2. The summed E-state index contributed by atoms with van der Waals surface area (Å²) in [6.45, 7) is 7.08. The molecule has 0 bridgehead atoms. The molecule has 1 heterocycles. The van der Waals surface area contributed by atoms with Crippen molar-refractivity contribution in [3.05, 3.63) is 0 Å². The number of nitrogens with zero attached hydrogens (tertiary/aromatic N) is 1. The summed E-state index contributed by atoms with van der Waals surface area (Å²) in [4.78, 5) is 13.8. The maximum absolute atomic E-state index is 11.9. The van der Waals surface area contributed by atoms with Gasteiger partial charge in [0.15, 0.2) is 0 Å². The summed E-state index contributed by atoms with van der Waals surface area (Å²) in [6.07, 6.45) is 2.27. The van der Waals surface area contributed by atoms with E-state index in [9.17, 15) is 4.79 Å². The van der Waals surface area contributed by atoms with Crippen molar-refractivity contribution in [1.82, 2.24) is 10.2 Å². The molecule has 1 rings (SSSR count). The van der Waals surface area contributed by atoms with E-state index in [0.29, 0.717) is 18.5 Å². The lowest BCUT2D eigenvalue weighted by molar-refractivity contribution is -0.132. The molecule has 1 N–H and O–H groups in total. The minimum atomic E-state index is 0.217. The van der Waals surface area contributed by atoms with Crippen molar-refractivity contribution in [2.24, 2.45) is 5.92 Å². The van der Waals surface area contributed by atoms with Gasteiger partial charge in [-0.1, -0.05) is 13.8 Å². The summed E-state index contributed by atoms with van der Waals surface area (Å²) in [7, 11) is 1.72. The van der Waals surface area contributed by atoms with E-state index < -0.39 is 0 Å². The van der Waals surface area contributed by atoms with E-state index in [1.54, 1.807) is 7.11 Å². The lowest BCUT2D eigenvalue weighted by atomic mass is 9.99. The Morgan fingerprint density at radius 3 is 2.94 bits per heavy atom. The maximum atomic E-state index is 11.9. The minimum Gasteiger partial charge on any atom is -0.384 e. The number of nitrogens with one attached hydrogen (secondary N) is 1. The summed E-state index contributed by atoms with van der Waals surface area (Å²) < 4.78 is 5.15. The molecule has 1 aliphatic heterocycles. The van der Waals surface area contributed by atoms with Crippen LogP contribution in [0.2, 0.25) is 0 Å². The van der Waals surface area contributed by atoms with Gasteiger partial charge in [-0.25, -0.2) is 0 Å². The predicted octanol–water partition coefficient (Wildman–Crippen LogP) is 0.869. The topological polar surface area (TPSA) is 41.6 Å². The van der Waals surface area contributed by atoms with Gasteiger partial charge in [-0.15, -0.1) is 0 Å². The zero-order chi connectivity index (χ0) is 12.0. The van der Waals surface area contributed by atoms with Gasteiger partial charge in [-0.3, -0.25) is 4.79 Å². The second-order valence-electron chi connectivity index (χ2n) is 4.84. The van der Waals surface area contributed by atoms with Crippen molar-refractivity contribution >= 4 is 5.91 Å². The van der Waals surface area contributed by atoms with Gasteiger partial charge in [-0.05, 0) is 18.8 Å². The molecule has 0 aromatic heterocycles. The van der Waals surface area contributed by atoms with Crippen LogP contribution in [0.15, 0.2) is 0 Å². The fourth-order valence-corrected chi connectivity index (χ4v) is 2.07. The first-order chi connectivity index (χ1) is 7.63. The quantitative estimate of drug-likeness (QED) is 0.759. The van der Waals surface area contributed by atoms with Crippen LogP contribution >= 0.6 is 0 Å². The molecule has 0 aromatic carbocycles. The number of methoxy groups -OCH3 is 1. The fraction of sp³-hybridized carbons (Fsp3) is 0.917. The Bertz CT molecular complexity index is 217. The molecule has 1 fully saturated rings. The monoisotopic (exact) mass is 228 g/mol. The van der Waals surface area contributed by atoms with Crippen LogP contribution in [0.5, 0.6) is 0 Å². The molecule has 0 radical (unpaired) electrons. The number of rotatable bonds is 5. The molecule has 1 atom stereocenters. The summed E-state index contributed by atoms with van der Waals surface area (Å²) in [5.41, 5.74) is 0. The number of carbonyl (C=O) groups excluding carboxylic acids is 1. The number of amides is 1. The van der Waals surface area contributed by atoms with Gasteiger partial charge in [0.05, 0.1) is 13.2 Å². The average Bonchev–Trinajstić information content (AvgIpc) is 2.26. The second kappa shape index (κ2) is 6.86. The largest absolute Gasteiger partial charge is 0.384 e. The Hall–Kier alpha value is -0.610. The molecule has 0 spiro atoms. The zero-order valence-corrected chi connectivity index (χ0v) is 10.7. The second-order valence-corrected chi connectivity index (χ2v) is 4.84. The molecule has 16 heavy (non-hydrogen) atoms. The van der Waals surface area contributed by atoms with Crippen molar-refractivity contribution < 1.29 is 9.53 Å². The molecule has 4 heteroatoms. The minimum absolute atomic E-state index is 0.217. The molecular weight excluding hydrogens is 204 g/mol. The Morgan fingerprint density at radius 1 is 1.56 bits per heavy atom. The van der Waals surface area contributed by atoms with E-state index in [1.165, 1.54) is 6.42 Å². The van der Waals surface area contributed by atoms with Crippen molar-refractivity contribution in [1.29, 1.82) is 0 Å². The third kappa shape index (κ3) is 4.49. The first-order valence-electron chi connectivity index (χ1n) is 6.13. The standard InChI is InChI=1S/C12H24N2O2/c1-10(2)13-7-12(15)14-6-4-5-11(8-14)9-16-3/h10-11,13H,4-9H2,1-3H3. The van der Waals surface area contributed by atoms with Crippen LogP contribution in [-0.2, 0) is 9.53 Å². The number of piperidine rings is 1. The van der Waals surface area contributed by atoms with Crippen LogP contribution < -0.4 is 5.32 Å². The number of likely N-dealkylation sites (tertiary alicyclic amines) is 1. The van der Waals surface area contributed by atoms with Crippen LogP contribution in [0.25, 0.3) is 0 Å². The van der Waals surface area contributed by atoms with Crippen LogP contribution in [0.4, 0.5) is 0 Å². The Kier molecular flexibility index (Phi) is 5.77. The van der Waals surface area contributed by atoms with Crippen LogP contribution in [-0.4, -0.2) is 50.2 Å². The van der Waals surface area contributed by atoms with E-state index in [-0.39, 0.29) is 5.91 Å². The van der Waals surface area contributed by atoms with Gasteiger partial charge in [0.2, 0.25) is 5.91 Å². The summed E-state index contributed by atoms with van der Waals surface area (Å²) in [6, 6.07) is 0.364.